The predicted molar refractivity (Wildman–Crippen MR) is 101 cm³/mol. The summed E-state index contributed by atoms with van der Waals surface area (Å²) in [5.74, 6) is 0.815. The van der Waals surface area contributed by atoms with Crippen LogP contribution in [0.3, 0.4) is 0 Å². The average Bonchev–Trinajstić information content (AvgIpc) is 3.15. The SMILES string of the molecule is Cc1ccc2cc(C(=O)NCC3CCCN3c3cccnn3)ccc2n1. The molecule has 1 N–H and O–H groups in total. The van der Waals surface area contributed by atoms with E-state index in [4.69, 9.17) is 0 Å². The zero-order chi connectivity index (χ0) is 17.9. The van der Waals surface area contributed by atoms with Gasteiger partial charge in [0.25, 0.3) is 5.91 Å². The van der Waals surface area contributed by atoms with Crippen LogP contribution in [0.2, 0.25) is 0 Å². The molecule has 1 aliphatic rings. The van der Waals surface area contributed by atoms with Crippen molar-refractivity contribution in [1.82, 2.24) is 20.5 Å². The molecule has 0 aliphatic carbocycles. The first-order chi connectivity index (χ1) is 12.7. The molecule has 2 aromatic heterocycles. The molecule has 3 heterocycles. The Morgan fingerprint density at radius 1 is 1.27 bits per heavy atom. The molecule has 0 bridgehead atoms. The third kappa shape index (κ3) is 3.35. The number of benzene rings is 1. The molecule has 1 saturated heterocycles. The van der Waals surface area contributed by atoms with Gasteiger partial charge in [-0.25, -0.2) is 0 Å². The number of nitrogens with one attached hydrogen (secondary N) is 1. The van der Waals surface area contributed by atoms with Crippen LogP contribution >= 0.6 is 0 Å². The summed E-state index contributed by atoms with van der Waals surface area (Å²) in [5, 5.41) is 12.2. The highest BCUT2D eigenvalue weighted by Crippen LogP contribution is 2.22. The van der Waals surface area contributed by atoms with Crippen LogP contribution in [-0.4, -0.2) is 40.2 Å². The van der Waals surface area contributed by atoms with Crippen molar-refractivity contribution in [2.45, 2.75) is 25.8 Å². The maximum absolute atomic E-state index is 12.6. The Balaban J connectivity index is 1.44. The minimum absolute atomic E-state index is 0.0570. The molecule has 3 aromatic rings. The Bertz CT molecular complexity index is 928. The van der Waals surface area contributed by atoms with Crippen molar-refractivity contribution in [2.75, 3.05) is 18.0 Å². The summed E-state index contributed by atoms with van der Waals surface area (Å²) in [6, 6.07) is 13.7. The first kappa shape index (κ1) is 16.4. The molecule has 6 nitrogen and oxygen atoms in total. The minimum Gasteiger partial charge on any atom is -0.350 e. The smallest absolute Gasteiger partial charge is 0.251 e. The van der Waals surface area contributed by atoms with Gasteiger partial charge in [0, 0.05) is 42.0 Å². The normalized spacial score (nSPS) is 16.8. The molecule has 1 amide bonds. The van der Waals surface area contributed by atoms with Crippen LogP contribution in [0.25, 0.3) is 10.9 Å². The molecule has 26 heavy (non-hydrogen) atoms. The van der Waals surface area contributed by atoms with E-state index in [1.165, 1.54) is 0 Å². The van der Waals surface area contributed by atoms with Gasteiger partial charge in [-0.15, -0.1) is 5.10 Å². The molecule has 0 spiro atoms. The molecule has 0 radical (unpaired) electrons. The lowest BCUT2D eigenvalue weighted by molar-refractivity contribution is 0.0951. The second-order valence-corrected chi connectivity index (χ2v) is 6.64. The number of carbonyl (C=O) groups excluding carboxylic acids is 1. The molecule has 0 saturated carbocycles. The topological polar surface area (TPSA) is 71.0 Å². The summed E-state index contributed by atoms with van der Waals surface area (Å²) in [4.78, 5) is 19.3. The lowest BCUT2D eigenvalue weighted by atomic mass is 10.1. The number of hydrogen-bond donors (Lipinski definition) is 1. The van der Waals surface area contributed by atoms with E-state index >= 15 is 0 Å². The maximum atomic E-state index is 12.6. The van der Waals surface area contributed by atoms with Crippen molar-refractivity contribution >= 4 is 22.6 Å². The van der Waals surface area contributed by atoms with E-state index in [9.17, 15) is 4.79 Å². The van der Waals surface area contributed by atoms with Crippen molar-refractivity contribution in [3.05, 3.63) is 59.9 Å². The molecule has 1 atom stereocenters. The van der Waals surface area contributed by atoms with E-state index in [0.717, 1.165) is 41.8 Å². The molecule has 4 rings (SSSR count). The third-order valence-electron chi connectivity index (χ3n) is 4.82. The number of fused-ring (bicyclic) bond motifs is 1. The number of hydrogen-bond acceptors (Lipinski definition) is 5. The number of rotatable bonds is 4. The van der Waals surface area contributed by atoms with Crippen LogP contribution in [0.5, 0.6) is 0 Å². The van der Waals surface area contributed by atoms with E-state index in [0.29, 0.717) is 12.1 Å². The number of carbonyl (C=O) groups is 1. The summed E-state index contributed by atoms with van der Waals surface area (Å²) < 4.78 is 0. The second kappa shape index (κ2) is 7.07. The molecular weight excluding hydrogens is 326 g/mol. The molecule has 132 valence electrons. The number of pyridine rings is 1. The van der Waals surface area contributed by atoms with E-state index in [2.05, 4.69) is 25.4 Å². The summed E-state index contributed by atoms with van der Waals surface area (Å²) in [7, 11) is 0. The predicted octanol–water partition coefficient (Wildman–Crippen LogP) is 2.73. The van der Waals surface area contributed by atoms with Gasteiger partial charge >= 0.3 is 0 Å². The Morgan fingerprint density at radius 2 is 2.19 bits per heavy atom. The number of amides is 1. The number of aromatic nitrogens is 3. The van der Waals surface area contributed by atoms with Gasteiger partial charge in [-0.05, 0) is 56.2 Å². The summed E-state index contributed by atoms with van der Waals surface area (Å²) in [6.07, 6.45) is 3.81. The van der Waals surface area contributed by atoms with E-state index in [1.54, 1.807) is 6.20 Å². The van der Waals surface area contributed by atoms with Crippen molar-refractivity contribution in [3.63, 3.8) is 0 Å². The highest BCUT2D eigenvalue weighted by atomic mass is 16.1. The Labute approximate surface area is 152 Å². The van der Waals surface area contributed by atoms with Gasteiger partial charge in [0.15, 0.2) is 5.82 Å². The van der Waals surface area contributed by atoms with Gasteiger partial charge in [0.1, 0.15) is 0 Å². The summed E-state index contributed by atoms with van der Waals surface area (Å²) >= 11 is 0. The maximum Gasteiger partial charge on any atom is 0.251 e. The fourth-order valence-electron chi connectivity index (χ4n) is 3.48. The zero-order valence-corrected chi connectivity index (χ0v) is 14.7. The molecule has 1 aromatic carbocycles. The Morgan fingerprint density at radius 3 is 3.04 bits per heavy atom. The highest BCUT2D eigenvalue weighted by Gasteiger charge is 2.26. The summed E-state index contributed by atoms with van der Waals surface area (Å²) in [6.45, 7) is 3.50. The lowest BCUT2D eigenvalue weighted by Crippen LogP contribution is -2.40. The number of nitrogens with zero attached hydrogens (tertiary/aromatic N) is 4. The van der Waals surface area contributed by atoms with Crippen LogP contribution in [-0.2, 0) is 0 Å². The zero-order valence-electron chi connectivity index (χ0n) is 14.7. The third-order valence-corrected chi connectivity index (χ3v) is 4.82. The summed E-state index contributed by atoms with van der Waals surface area (Å²) in [5.41, 5.74) is 2.54. The van der Waals surface area contributed by atoms with Gasteiger partial charge in [0.05, 0.1) is 5.52 Å². The molecule has 1 fully saturated rings. The Hall–Kier alpha value is -3.02. The molecule has 1 unspecified atom stereocenters. The first-order valence-electron chi connectivity index (χ1n) is 8.91. The standard InChI is InChI=1S/C20H21N5O/c1-14-6-7-15-12-16(8-9-18(15)23-14)20(26)21-13-17-4-3-11-25(17)19-5-2-10-22-24-19/h2,5-10,12,17H,3-4,11,13H2,1H3,(H,21,26). The van der Waals surface area contributed by atoms with Crippen LogP contribution in [0.1, 0.15) is 28.9 Å². The van der Waals surface area contributed by atoms with Crippen molar-refractivity contribution in [3.8, 4) is 0 Å². The van der Waals surface area contributed by atoms with E-state index in [-0.39, 0.29) is 11.9 Å². The monoisotopic (exact) mass is 347 g/mol. The fraction of sp³-hybridized carbons (Fsp3) is 0.300. The highest BCUT2D eigenvalue weighted by molar-refractivity contribution is 5.98. The molecular formula is C20H21N5O. The quantitative estimate of drug-likeness (QED) is 0.786. The second-order valence-electron chi connectivity index (χ2n) is 6.64. The van der Waals surface area contributed by atoms with Gasteiger partial charge < -0.3 is 10.2 Å². The fourth-order valence-corrected chi connectivity index (χ4v) is 3.48. The van der Waals surface area contributed by atoms with Crippen molar-refractivity contribution in [1.29, 1.82) is 0 Å². The van der Waals surface area contributed by atoms with E-state index < -0.39 is 0 Å². The van der Waals surface area contributed by atoms with Crippen LogP contribution in [0.4, 0.5) is 5.82 Å². The minimum atomic E-state index is -0.0570. The Kier molecular flexibility index (Phi) is 4.48. The van der Waals surface area contributed by atoms with E-state index in [1.807, 2.05) is 49.4 Å². The molecule has 6 heteroatoms. The van der Waals surface area contributed by atoms with Gasteiger partial charge in [-0.3, -0.25) is 9.78 Å². The van der Waals surface area contributed by atoms with Crippen LogP contribution in [0, 0.1) is 6.92 Å². The number of aryl methyl sites for hydroxylation is 1. The van der Waals surface area contributed by atoms with Crippen LogP contribution < -0.4 is 10.2 Å². The van der Waals surface area contributed by atoms with Crippen molar-refractivity contribution < 1.29 is 4.79 Å². The van der Waals surface area contributed by atoms with Gasteiger partial charge in [-0.2, -0.15) is 5.10 Å². The van der Waals surface area contributed by atoms with Crippen LogP contribution in [0.15, 0.2) is 48.7 Å². The average molecular weight is 347 g/mol. The first-order valence-corrected chi connectivity index (χ1v) is 8.91. The molecule has 1 aliphatic heterocycles. The largest absolute Gasteiger partial charge is 0.350 e. The number of anilines is 1. The lowest BCUT2D eigenvalue weighted by Gasteiger charge is -2.25. The van der Waals surface area contributed by atoms with Gasteiger partial charge in [0.2, 0.25) is 0 Å². The van der Waals surface area contributed by atoms with Gasteiger partial charge in [-0.1, -0.05) is 6.07 Å². The van der Waals surface area contributed by atoms with Crippen molar-refractivity contribution in [2.24, 2.45) is 0 Å².